The number of ether oxygens (including phenoxy) is 1. The molecule has 2 heterocycles. The van der Waals surface area contributed by atoms with E-state index >= 15 is 0 Å². The zero-order chi connectivity index (χ0) is 18.3. The first-order valence-electron chi connectivity index (χ1n) is 9.55. The van der Waals surface area contributed by atoms with Gasteiger partial charge in [0.05, 0.1) is 0 Å². The third-order valence-electron chi connectivity index (χ3n) is 5.19. The molecule has 1 N–H and O–H groups in total. The summed E-state index contributed by atoms with van der Waals surface area (Å²) in [6.45, 7) is 8.18. The Labute approximate surface area is 152 Å². The molecule has 0 bridgehead atoms. The minimum atomic E-state index is -3.37. The minimum absolute atomic E-state index is 0.0420. The number of carbonyl (C=O) groups is 1. The van der Waals surface area contributed by atoms with Crippen LogP contribution < -0.4 is 5.32 Å². The van der Waals surface area contributed by atoms with Gasteiger partial charge in [-0.3, -0.25) is 4.79 Å². The molecule has 0 aromatic rings. The smallest absolute Gasteiger partial charge is 0.281 e. The van der Waals surface area contributed by atoms with Gasteiger partial charge >= 0.3 is 0 Å². The van der Waals surface area contributed by atoms with Crippen molar-refractivity contribution >= 4 is 16.1 Å². The maximum Gasteiger partial charge on any atom is 0.281 e. The second-order valence-corrected chi connectivity index (χ2v) is 9.03. The molecular weight excluding hydrogens is 342 g/mol. The zero-order valence-electron chi connectivity index (χ0n) is 15.6. The first-order valence-corrected chi connectivity index (χ1v) is 11.0. The lowest BCUT2D eigenvalue weighted by atomic mass is 9.97. The molecule has 0 spiro atoms. The van der Waals surface area contributed by atoms with Crippen LogP contribution in [0.1, 0.15) is 46.0 Å². The topological polar surface area (TPSA) is 79.0 Å². The predicted octanol–water partition coefficient (Wildman–Crippen LogP) is 1.22. The Kier molecular flexibility index (Phi) is 8.12. The first kappa shape index (κ1) is 20.6. The van der Waals surface area contributed by atoms with Gasteiger partial charge in [-0.1, -0.05) is 6.92 Å². The van der Waals surface area contributed by atoms with Gasteiger partial charge in [-0.2, -0.15) is 17.0 Å². The molecule has 2 fully saturated rings. The van der Waals surface area contributed by atoms with Crippen molar-refractivity contribution in [2.45, 2.75) is 46.0 Å². The van der Waals surface area contributed by atoms with Crippen LogP contribution in [0.25, 0.3) is 0 Å². The van der Waals surface area contributed by atoms with E-state index in [0.717, 1.165) is 19.3 Å². The molecule has 2 rings (SSSR count). The summed E-state index contributed by atoms with van der Waals surface area (Å²) in [6.07, 6.45) is 3.86. The number of carbonyl (C=O) groups excluding carboxylic acids is 1. The van der Waals surface area contributed by atoms with Crippen LogP contribution in [-0.4, -0.2) is 68.9 Å². The van der Waals surface area contributed by atoms with Gasteiger partial charge in [0.15, 0.2) is 0 Å². The maximum absolute atomic E-state index is 12.7. The summed E-state index contributed by atoms with van der Waals surface area (Å²) in [4.78, 5) is 12.2. The standard InChI is InChI=1S/C17H33N3O4S/c1-3-24-14-4-9-18-17(21)16-7-12-20(13-8-16)25(22,23)19-10-5-15(2)6-11-19/h15-16H,3-14H2,1-2H3,(H,18,21). The summed E-state index contributed by atoms with van der Waals surface area (Å²) in [6, 6.07) is 0. The van der Waals surface area contributed by atoms with Gasteiger partial charge < -0.3 is 10.1 Å². The molecule has 0 radical (unpaired) electrons. The lowest BCUT2D eigenvalue weighted by Crippen LogP contribution is -2.50. The van der Waals surface area contributed by atoms with Crippen molar-refractivity contribution in [1.29, 1.82) is 0 Å². The molecule has 0 saturated carbocycles. The van der Waals surface area contributed by atoms with Crippen molar-refractivity contribution in [1.82, 2.24) is 13.9 Å². The number of nitrogens with one attached hydrogen (secondary N) is 1. The van der Waals surface area contributed by atoms with E-state index in [1.54, 1.807) is 8.61 Å². The molecule has 0 unspecified atom stereocenters. The van der Waals surface area contributed by atoms with Crippen molar-refractivity contribution in [2.75, 3.05) is 45.9 Å². The van der Waals surface area contributed by atoms with Crippen LogP contribution >= 0.6 is 0 Å². The number of hydrogen-bond donors (Lipinski definition) is 1. The van der Waals surface area contributed by atoms with Gasteiger partial charge in [-0.05, 0) is 44.9 Å². The Morgan fingerprint density at radius 3 is 2.20 bits per heavy atom. The molecule has 146 valence electrons. The molecule has 2 saturated heterocycles. The highest BCUT2D eigenvalue weighted by Crippen LogP contribution is 2.25. The second kappa shape index (κ2) is 9.85. The van der Waals surface area contributed by atoms with Crippen LogP contribution in [0, 0.1) is 11.8 Å². The third-order valence-corrected chi connectivity index (χ3v) is 7.22. The van der Waals surface area contributed by atoms with Gasteiger partial charge in [0.1, 0.15) is 0 Å². The highest BCUT2D eigenvalue weighted by molar-refractivity contribution is 7.86. The molecular formula is C17H33N3O4S. The predicted molar refractivity (Wildman–Crippen MR) is 97.3 cm³/mol. The minimum Gasteiger partial charge on any atom is -0.382 e. The van der Waals surface area contributed by atoms with Crippen LogP contribution in [0.3, 0.4) is 0 Å². The van der Waals surface area contributed by atoms with E-state index < -0.39 is 10.2 Å². The summed E-state index contributed by atoms with van der Waals surface area (Å²) in [5, 5.41) is 2.94. The number of hydrogen-bond acceptors (Lipinski definition) is 4. The largest absolute Gasteiger partial charge is 0.382 e. The van der Waals surface area contributed by atoms with Gasteiger partial charge in [0.25, 0.3) is 10.2 Å². The quantitative estimate of drug-likeness (QED) is 0.647. The molecule has 1 amide bonds. The summed E-state index contributed by atoms with van der Waals surface area (Å²) in [5.41, 5.74) is 0. The average Bonchev–Trinajstić information content (AvgIpc) is 2.62. The van der Waals surface area contributed by atoms with Crippen LogP contribution in [0.5, 0.6) is 0 Å². The second-order valence-electron chi connectivity index (χ2n) is 7.10. The van der Waals surface area contributed by atoms with Gasteiger partial charge in [-0.15, -0.1) is 0 Å². The average molecular weight is 376 g/mol. The van der Waals surface area contributed by atoms with E-state index in [-0.39, 0.29) is 11.8 Å². The highest BCUT2D eigenvalue weighted by atomic mass is 32.2. The van der Waals surface area contributed by atoms with E-state index in [1.165, 1.54) is 0 Å². The van der Waals surface area contributed by atoms with Gasteiger partial charge in [0, 0.05) is 51.9 Å². The molecule has 0 aromatic heterocycles. The number of amides is 1. The number of nitrogens with zero attached hydrogens (tertiary/aromatic N) is 2. The van der Waals surface area contributed by atoms with Crippen molar-refractivity contribution in [3.05, 3.63) is 0 Å². The Balaban J connectivity index is 1.74. The van der Waals surface area contributed by atoms with E-state index in [4.69, 9.17) is 4.74 Å². The molecule has 2 aliphatic rings. The van der Waals surface area contributed by atoms with Crippen molar-refractivity contribution in [3.8, 4) is 0 Å². The lowest BCUT2D eigenvalue weighted by molar-refractivity contribution is -0.126. The Morgan fingerprint density at radius 2 is 1.64 bits per heavy atom. The normalized spacial score (nSPS) is 22.2. The van der Waals surface area contributed by atoms with E-state index in [1.807, 2.05) is 6.92 Å². The van der Waals surface area contributed by atoms with E-state index in [9.17, 15) is 13.2 Å². The molecule has 8 heteroatoms. The molecule has 0 atom stereocenters. The van der Waals surface area contributed by atoms with Crippen LogP contribution in [0.4, 0.5) is 0 Å². The summed E-state index contributed by atoms with van der Waals surface area (Å²) in [5.74, 6) is 0.559. The fraction of sp³-hybridized carbons (Fsp3) is 0.941. The zero-order valence-corrected chi connectivity index (χ0v) is 16.4. The Hall–Kier alpha value is -0.700. The third kappa shape index (κ3) is 5.91. The van der Waals surface area contributed by atoms with E-state index in [0.29, 0.717) is 64.7 Å². The highest BCUT2D eigenvalue weighted by Gasteiger charge is 2.35. The molecule has 25 heavy (non-hydrogen) atoms. The number of piperidine rings is 2. The van der Waals surface area contributed by atoms with Gasteiger partial charge in [-0.25, -0.2) is 0 Å². The molecule has 2 aliphatic heterocycles. The molecule has 0 aromatic carbocycles. The van der Waals surface area contributed by atoms with Crippen molar-refractivity contribution in [3.63, 3.8) is 0 Å². The van der Waals surface area contributed by atoms with Crippen LogP contribution in [0.2, 0.25) is 0 Å². The first-order chi connectivity index (χ1) is 11.9. The Morgan fingerprint density at radius 1 is 1.08 bits per heavy atom. The Bertz CT molecular complexity index is 510. The monoisotopic (exact) mass is 375 g/mol. The lowest BCUT2D eigenvalue weighted by Gasteiger charge is -2.37. The van der Waals surface area contributed by atoms with Gasteiger partial charge in [0.2, 0.25) is 5.91 Å². The van der Waals surface area contributed by atoms with Crippen LogP contribution in [-0.2, 0) is 19.7 Å². The van der Waals surface area contributed by atoms with Crippen molar-refractivity contribution < 1.29 is 17.9 Å². The fourth-order valence-electron chi connectivity index (χ4n) is 3.40. The fourth-order valence-corrected chi connectivity index (χ4v) is 5.07. The van der Waals surface area contributed by atoms with Crippen LogP contribution in [0.15, 0.2) is 0 Å². The summed E-state index contributed by atoms with van der Waals surface area (Å²) >= 11 is 0. The SMILES string of the molecule is CCOCCCNC(=O)C1CCN(S(=O)(=O)N2CCC(C)CC2)CC1. The maximum atomic E-state index is 12.7. The summed E-state index contributed by atoms with van der Waals surface area (Å²) in [7, 11) is -3.37. The summed E-state index contributed by atoms with van der Waals surface area (Å²) < 4.78 is 33.9. The number of rotatable bonds is 8. The molecule has 7 nitrogen and oxygen atoms in total. The van der Waals surface area contributed by atoms with E-state index in [2.05, 4.69) is 12.2 Å². The van der Waals surface area contributed by atoms with Crippen molar-refractivity contribution in [2.24, 2.45) is 11.8 Å². The molecule has 0 aliphatic carbocycles.